The minimum atomic E-state index is -0.560. The van der Waals surface area contributed by atoms with Gasteiger partial charge in [0.25, 0.3) is 11.5 Å². The van der Waals surface area contributed by atoms with Crippen LogP contribution in [-0.2, 0) is 0 Å². The highest BCUT2D eigenvalue weighted by molar-refractivity contribution is 6.03. The van der Waals surface area contributed by atoms with Gasteiger partial charge in [-0.2, -0.15) is 19.9 Å². The molecule has 0 aliphatic rings. The number of fused-ring (bicyclic) bond motifs is 1. The molecule has 0 saturated heterocycles. The quantitative estimate of drug-likeness (QED) is 0.440. The first-order valence-electron chi connectivity index (χ1n) is 9.77. The summed E-state index contributed by atoms with van der Waals surface area (Å²) in [6.07, 6.45) is 1.36. The summed E-state index contributed by atoms with van der Waals surface area (Å²) in [5, 5.41) is 11.4. The van der Waals surface area contributed by atoms with Crippen LogP contribution in [0.4, 0.5) is 14.6 Å². The molecule has 0 aliphatic heterocycles. The molecule has 0 aliphatic carbocycles. The van der Waals surface area contributed by atoms with Crippen LogP contribution in [-0.4, -0.2) is 35.4 Å². The van der Waals surface area contributed by atoms with Crippen molar-refractivity contribution in [3.05, 3.63) is 94.0 Å². The van der Waals surface area contributed by atoms with E-state index in [9.17, 15) is 18.4 Å². The highest BCUT2D eigenvalue weighted by Crippen LogP contribution is 2.19. The summed E-state index contributed by atoms with van der Waals surface area (Å²) in [6, 6.07) is 12.4. The summed E-state index contributed by atoms with van der Waals surface area (Å²) >= 11 is 0. The van der Waals surface area contributed by atoms with Gasteiger partial charge in [-0.15, -0.1) is 0 Å². The van der Waals surface area contributed by atoms with Crippen LogP contribution in [0.5, 0.6) is 0 Å². The summed E-state index contributed by atoms with van der Waals surface area (Å²) < 4.78 is 29.5. The molecular formula is C22H15F2N7O2. The van der Waals surface area contributed by atoms with Crippen LogP contribution in [0, 0.1) is 18.6 Å². The number of carbonyl (C=O) groups is 1. The first-order valence-corrected chi connectivity index (χ1v) is 9.77. The van der Waals surface area contributed by atoms with Gasteiger partial charge < -0.3 is 5.32 Å². The summed E-state index contributed by atoms with van der Waals surface area (Å²) in [6.45, 7) is 1.70. The highest BCUT2D eigenvalue weighted by Gasteiger charge is 2.17. The largest absolute Gasteiger partial charge is 0.306 e. The number of benzene rings is 2. The van der Waals surface area contributed by atoms with Gasteiger partial charge in [0.2, 0.25) is 5.95 Å². The number of carbonyl (C=O) groups excluding carboxylic acids is 1. The number of amides is 1. The van der Waals surface area contributed by atoms with Gasteiger partial charge in [-0.1, -0.05) is 6.07 Å². The lowest BCUT2D eigenvalue weighted by atomic mass is 10.2. The van der Waals surface area contributed by atoms with Crippen LogP contribution in [0.3, 0.4) is 0 Å². The Labute approximate surface area is 184 Å². The summed E-state index contributed by atoms with van der Waals surface area (Å²) in [4.78, 5) is 32.4. The Balaban J connectivity index is 1.58. The normalized spacial score (nSPS) is 11.1. The fourth-order valence-corrected chi connectivity index (χ4v) is 3.35. The molecule has 1 amide bonds. The number of hydrogen-bond acceptors (Lipinski definition) is 5. The number of nitrogens with zero attached hydrogens (tertiary/aromatic N) is 5. The molecule has 2 N–H and O–H groups in total. The fraction of sp³-hybridized carbons (Fsp3) is 0.0455. The van der Waals surface area contributed by atoms with Gasteiger partial charge in [0.05, 0.1) is 17.6 Å². The van der Waals surface area contributed by atoms with Crippen LogP contribution >= 0.6 is 0 Å². The minimum absolute atomic E-state index is 0.0269. The third-order valence-corrected chi connectivity index (χ3v) is 4.86. The molecule has 0 saturated carbocycles. The molecule has 0 unspecified atom stereocenters. The highest BCUT2D eigenvalue weighted by atomic mass is 19.1. The monoisotopic (exact) mass is 447 g/mol. The molecule has 0 fully saturated rings. The number of aromatic nitrogens is 6. The molecule has 0 atom stereocenters. The zero-order chi connectivity index (χ0) is 23.1. The van der Waals surface area contributed by atoms with E-state index in [0.29, 0.717) is 11.4 Å². The van der Waals surface area contributed by atoms with E-state index >= 15 is 0 Å². The molecular weight excluding hydrogens is 432 g/mol. The molecule has 11 heteroatoms. The van der Waals surface area contributed by atoms with Crippen molar-refractivity contribution in [3.63, 3.8) is 0 Å². The molecule has 0 bridgehead atoms. The maximum Gasteiger partial charge on any atom is 0.263 e. The fourth-order valence-electron chi connectivity index (χ4n) is 3.35. The van der Waals surface area contributed by atoms with E-state index in [0.717, 1.165) is 6.07 Å². The zero-order valence-corrected chi connectivity index (χ0v) is 17.1. The van der Waals surface area contributed by atoms with E-state index in [-0.39, 0.29) is 28.4 Å². The van der Waals surface area contributed by atoms with Crippen molar-refractivity contribution in [2.24, 2.45) is 0 Å². The van der Waals surface area contributed by atoms with Gasteiger partial charge in [0, 0.05) is 11.6 Å². The zero-order valence-electron chi connectivity index (χ0n) is 17.1. The number of halogens is 2. The average Bonchev–Trinajstić information content (AvgIpc) is 3.38. The molecule has 164 valence electrons. The van der Waals surface area contributed by atoms with E-state index in [1.165, 1.54) is 58.0 Å². The average molecular weight is 447 g/mol. The maximum absolute atomic E-state index is 13.5. The maximum atomic E-state index is 13.5. The van der Waals surface area contributed by atoms with Gasteiger partial charge in [-0.05, 0) is 49.4 Å². The Kier molecular flexibility index (Phi) is 4.78. The smallest absolute Gasteiger partial charge is 0.263 e. The Morgan fingerprint density at radius 3 is 2.58 bits per heavy atom. The van der Waals surface area contributed by atoms with Crippen LogP contribution < -0.4 is 10.9 Å². The second kappa shape index (κ2) is 7.79. The van der Waals surface area contributed by atoms with E-state index in [2.05, 4.69) is 25.5 Å². The lowest BCUT2D eigenvalue weighted by molar-refractivity contribution is 0.102. The minimum Gasteiger partial charge on any atom is -0.306 e. The molecule has 0 spiro atoms. The van der Waals surface area contributed by atoms with Crippen molar-refractivity contribution in [1.82, 2.24) is 29.5 Å². The summed E-state index contributed by atoms with van der Waals surface area (Å²) in [7, 11) is 0. The molecule has 5 rings (SSSR count). The first-order chi connectivity index (χ1) is 15.9. The predicted octanol–water partition coefficient (Wildman–Crippen LogP) is 3.13. The Bertz CT molecular complexity index is 1570. The number of aryl methyl sites for hydroxylation is 1. The van der Waals surface area contributed by atoms with Gasteiger partial charge >= 0.3 is 0 Å². The lowest BCUT2D eigenvalue weighted by Gasteiger charge is -2.09. The van der Waals surface area contributed by atoms with E-state index in [4.69, 9.17) is 0 Å². The van der Waals surface area contributed by atoms with Crippen molar-refractivity contribution in [2.75, 3.05) is 5.32 Å². The standard InChI is InChI=1S/C22H15F2N7O2/c1-12-9-18(26-20(32)13-3-2-4-15(24)10-13)31(29-12)22-27-19-17(21(33)28-22)11-25-30(19)16-7-5-14(23)6-8-16/h2-11H,1H3,(H,26,32)(H,27,28,33). The molecule has 0 radical (unpaired) electrons. The second-order valence-electron chi connectivity index (χ2n) is 7.21. The molecule has 2 aromatic carbocycles. The van der Waals surface area contributed by atoms with Crippen LogP contribution in [0.25, 0.3) is 22.7 Å². The van der Waals surface area contributed by atoms with Gasteiger partial charge in [0.15, 0.2) is 5.65 Å². The molecule has 33 heavy (non-hydrogen) atoms. The Morgan fingerprint density at radius 2 is 1.82 bits per heavy atom. The van der Waals surface area contributed by atoms with Crippen LogP contribution in [0.2, 0.25) is 0 Å². The van der Waals surface area contributed by atoms with Gasteiger partial charge in [-0.25, -0.2) is 13.5 Å². The topological polar surface area (TPSA) is 110 Å². The summed E-state index contributed by atoms with van der Waals surface area (Å²) in [5.74, 6) is -1.27. The third-order valence-electron chi connectivity index (χ3n) is 4.86. The molecule has 5 aromatic rings. The third kappa shape index (κ3) is 3.76. The Morgan fingerprint density at radius 1 is 1.03 bits per heavy atom. The lowest BCUT2D eigenvalue weighted by Crippen LogP contribution is -2.19. The number of hydrogen-bond donors (Lipinski definition) is 2. The SMILES string of the molecule is Cc1cc(NC(=O)c2cccc(F)c2)n(-c2nc3c(cnn3-c3ccc(F)cc3)c(=O)[nH]2)n1. The van der Waals surface area contributed by atoms with Gasteiger partial charge in [-0.3, -0.25) is 14.6 Å². The van der Waals surface area contributed by atoms with E-state index in [1.807, 2.05) is 0 Å². The molecule has 3 heterocycles. The number of anilines is 1. The second-order valence-corrected chi connectivity index (χ2v) is 7.21. The number of nitrogens with one attached hydrogen (secondary N) is 2. The van der Waals surface area contributed by atoms with Crippen molar-refractivity contribution in [2.45, 2.75) is 6.92 Å². The van der Waals surface area contributed by atoms with Crippen LogP contribution in [0.15, 0.2) is 65.6 Å². The number of rotatable bonds is 4. The van der Waals surface area contributed by atoms with Crippen molar-refractivity contribution < 1.29 is 13.6 Å². The predicted molar refractivity (Wildman–Crippen MR) is 116 cm³/mol. The number of aromatic amines is 1. The Hall–Kier alpha value is -4.67. The van der Waals surface area contributed by atoms with Crippen molar-refractivity contribution >= 4 is 22.8 Å². The van der Waals surface area contributed by atoms with Gasteiger partial charge in [0.1, 0.15) is 22.8 Å². The van der Waals surface area contributed by atoms with Crippen molar-refractivity contribution in [3.8, 4) is 11.6 Å². The van der Waals surface area contributed by atoms with Crippen LogP contribution in [0.1, 0.15) is 16.1 Å². The first kappa shape index (κ1) is 20.2. The van der Waals surface area contributed by atoms with Crippen molar-refractivity contribution in [1.29, 1.82) is 0 Å². The molecule has 9 nitrogen and oxygen atoms in total. The summed E-state index contributed by atoms with van der Waals surface area (Å²) in [5.41, 5.74) is 0.910. The van der Waals surface area contributed by atoms with E-state index < -0.39 is 23.1 Å². The molecule has 3 aromatic heterocycles. The van der Waals surface area contributed by atoms with E-state index in [1.54, 1.807) is 13.0 Å². The number of H-pyrrole nitrogens is 1.